The van der Waals surface area contributed by atoms with Crippen molar-refractivity contribution in [1.82, 2.24) is 5.32 Å². The van der Waals surface area contributed by atoms with Crippen molar-refractivity contribution in [3.05, 3.63) is 22.4 Å². The first kappa shape index (κ1) is 12.6. The van der Waals surface area contributed by atoms with Crippen LogP contribution >= 0.6 is 11.3 Å². The average molecular weight is 252 g/mol. The lowest BCUT2D eigenvalue weighted by atomic mass is 9.97. The van der Waals surface area contributed by atoms with Crippen LogP contribution in [0.15, 0.2) is 16.8 Å². The number of rotatable bonds is 4. The Morgan fingerprint density at radius 2 is 2.29 bits per heavy atom. The third-order valence-electron chi connectivity index (χ3n) is 3.45. The van der Waals surface area contributed by atoms with Gasteiger partial charge < -0.3 is 11.1 Å². The topological polar surface area (TPSA) is 55.1 Å². The van der Waals surface area contributed by atoms with Gasteiger partial charge in [0.25, 0.3) is 0 Å². The van der Waals surface area contributed by atoms with Crippen molar-refractivity contribution in [1.29, 1.82) is 0 Å². The smallest absolute Gasteiger partial charge is 0.240 e. The number of thiophene rings is 1. The fourth-order valence-corrected chi connectivity index (χ4v) is 3.10. The van der Waals surface area contributed by atoms with Crippen molar-refractivity contribution in [2.45, 2.75) is 50.6 Å². The van der Waals surface area contributed by atoms with Crippen molar-refractivity contribution in [3.8, 4) is 0 Å². The minimum absolute atomic E-state index is 0.0257. The van der Waals surface area contributed by atoms with E-state index in [1.807, 2.05) is 6.92 Å². The Balaban J connectivity index is 1.86. The molecule has 1 aliphatic rings. The van der Waals surface area contributed by atoms with Crippen molar-refractivity contribution in [2.75, 3.05) is 0 Å². The van der Waals surface area contributed by atoms with Gasteiger partial charge in [-0.05, 0) is 48.6 Å². The van der Waals surface area contributed by atoms with Gasteiger partial charge in [0.15, 0.2) is 0 Å². The molecule has 3 N–H and O–H groups in total. The summed E-state index contributed by atoms with van der Waals surface area (Å²) in [6.07, 6.45) is 4.67. The number of nitrogens with two attached hydrogens (primary N) is 1. The van der Waals surface area contributed by atoms with Gasteiger partial charge in [-0.15, -0.1) is 0 Å². The van der Waals surface area contributed by atoms with Crippen molar-refractivity contribution < 1.29 is 4.79 Å². The van der Waals surface area contributed by atoms with E-state index in [1.165, 1.54) is 5.56 Å². The molecule has 0 spiro atoms. The SMILES string of the molecule is CC(Cc1ccsc1)NC(=O)C1(N)CCCC1. The van der Waals surface area contributed by atoms with Crippen LogP contribution in [0.25, 0.3) is 0 Å². The maximum absolute atomic E-state index is 12.1. The summed E-state index contributed by atoms with van der Waals surface area (Å²) in [6.45, 7) is 2.04. The van der Waals surface area contributed by atoms with Crippen LogP contribution in [0.5, 0.6) is 0 Å². The number of nitrogens with one attached hydrogen (secondary N) is 1. The molecule has 4 heteroatoms. The first-order chi connectivity index (χ1) is 8.10. The molecule has 1 heterocycles. The van der Waals surface area contributed by atoms with Gasteiger partial charge in [0.1, 0.15) is 0 Å². The highest BCUT2D eigenvalue weighted by molar-refractivity contribution is 7.07. The van der Waals surface area contributed by atoms with Gasteiger partial charge in [-0.25, -0.2) is 0 Å². The zero-order chi connectivity index (χ0) is 12.3. The van der Waals surface area contributed by atoms with Gasteiger partial charge in [0.05, 0.1) is 5.54 Å². The quantitative estimate of drug-likeness (QED) is 0.862. The van der Waals surface area contributed by atoms with Crippen molar-refractivity contribution >= 4 is 17.2 Å². The monoisotopic (exact) mass is 252 g/mol. The summed E-state index contributed by atoms with van der Waals surface area (Å²) < 4.78 is 0. The Kier molecular flexibility index (Phi) is 3.84. The molecule has 1 unspecified atom stereocenters. The first-order valence-electron chi connectivity index (χ1n) is 6.21. The molecule has 0 radical (unpaired) electrons. The van der Waals surface area contributed by atoms with Gasteiger partial charge in [-0.3, -0.25) is 4.79 Å². The molecule has 2 rings (SSSR count). The molecule has 1 saturated carbocycles. The number of carbonyl (C=O) groups excluding carboxylic acids is 1. The second kappa shape index (κ2) is 5.19. The van der Waals surface area contributed by atoms with E-state index in [-0.39, 0.29) is 11.9 Å². The lowest BCUT2D eigenvalue weighted by Gasteiger charge is -2.25. The highest BCUT2D eigenvalue weighted by Crippen LogP contribution is 2.27. The van der Waals surface area contributed by atoms with E-state index < -0.39 is 5.54 Å². The Labute approximate surface area is 106 Å². The highest BCUT2D eigenvalue weighted by atomic mass is 32.1. The van der Waals surface area contributed by atoms with Crippen LogP contribution in [0.3, 0.4) is 0 Å². The molecule has 1 atom stereocenters. The molecular weight excluding hydrogens is 232 g/mol. The van der Waals surface area contributed by atoms with Crippen LogP contribution in [-0.4, -0.2) is 17.5 Å². The normalized spacial score (nSPS) is 20.1. The fraction of sp³-hybridized carbons (Fsp3) is 0.615. The van der Waals surface area contributed by atoms with E-state index in [4.69, 9.17) is 5.73 Å². The largest absolute Gasteiger partial charge is 0.352 e. The number of hydrogen-bond acceptors (Lipinski definition) is 3. The first-order valence-corrected chi connectivity index (χ1v) is 7.15. The summed E-state index contributed by atoms with van der Waals surface area (Å²) in [5.41, 5.74) is 6.78. The maximum atomic E-state index is 12.1. The van der Waals surface area contributed by atoms with Crippen molar-refractivity contribution in [2.24, 2.45) is 5.73 Å². The standard InChI is InChI=1S/C13H20N2OS/c1-10(8-11-4-7-17-9-11)15-12(16)13(14)5-2-3-6-13/h4,7,9-10H,2-3,5-6,8,14H2,1H3,(H,15,16). The number of amides is 1. The molecule has 0 aromatic carbocycles. The summed E-state index contributed by atoms with van der Waals surface area (Å²) in [6, 6.07) is 2.25. The van der Waals surface area contributed by atoms with E-state index in [9.17, 15) is 4.79 Å². The molecule has 0 saturated heterocycles. The van der Waals surface area contributed by atoms with E-state index >= 15 is 0 Å². The van der Waals surface area contributed by atoms with Gasteiger partial charge in [-0.1, -0.05) is 12.8 Å². The van der Waals surface area contributed by atoms with Crippen LogP contribution in [0.4, 0.5) is 0 Å². The molecule has 0 aliphatic heterocycles. The zero-order valence-electron chi connectivity index (χ0n) is 10.2. The second-order valence-corrected chi connectivity index (χ2v) is 5.85. The average Bonchev–Trinajstić information content (AvgIpc) is 2.90. The van der Waals surface area contributed by atoms with Crippen LogP contribution in [-0.2, 0) is 11.2 Å². The molecule has 0 bridgehead atoms. The molecule has 1 amide bonds. The Bertz CT molecular complexity index is 369. The van der Waals surface area contributed by atoms with Crippen LogP contribution in [0.2, 0.25) is 0 Å². The predicted molar refractivity (Wildman–Crippen MR) is 71.0 cm³/mol. The highest BCUT2D eigenvalue weighted by Gasteiger charge is 2.37. The predicted octanol–water partition coefficient (Wildman–Crippen LogP) is 2.07. The van der Waals surface area contributed by atoms with Gasteiger partial charge in [0.2, 0.25) is 5.91 Å². The van der Waals surface area contributed by atoms with Gasteiger partial charge in [-0.2, -0.15) is 11.3 Å². The minimum atomic E-state index is -0.608. The van der Waals surface area contributed by atoms with Crippen LogP contribution in [0, 0.1) is 0 Å². The van der Waals surface area contributed by atoms with Crippen LogP contribution in [0.1, 0.15) is 38.2 Å². The molecule has 1 aromatic rings. The summed E-state index contributed by atoms with van der Waals surface area (Å²) in [7, 11) is 0. The molecule has 1 aliphatic carbocycles. The Morgan fingerprint density at radius 3 is 2.88 bits per heavy atom. The molecule has 94 valence electrons. The van der Waals surface area contributed by atoms with E-state index in [1.54, 1.807) is 11.3 Å². The fourth-order valence-electron chi connectivity index (χ4n) is 2.41. The number of hydrogen-bond donors (Lipinski definition) is 2. The van der Waals surface area contributed by atoms with E-state index in [0.29, 0.717) is 0 Å². The van der Waals surface area contributed by atoms with Crippen molar-refractivity contribution in [3.63, 3.8) is 0 Å². The number of carbonyl (C=O) groups is 1. The summed E-state index contributed by atoms with van der Waals surface area (Å²) >= 11 is 1.69. The lowest BCUT2D eigenvalue weighted by molar-refractivity contribution is -0.126. The van der Waals surface area contributed by atoms with E-state index in [0.717, 1.165) is 32.1 Å². The molecule has 1 fully saturated rings. The molecular formula is C13H20N2OS. The summed E-state index contributed by atoms with van der Waals surface area (Å²) in [5, 5.41) is 7.22. The lowest BCUT2D eigenvalue weighted by Crippen LogP contribution is -2.54. The van der Waals surface area contributed by atoms with Crippen LogP contribution < -0.4 is 11.1 Å². The maximum Gasteiger partial charge on any atom is 0.240 e. The summed E-state index contributed by atoms with van der Waals surface area (Å²) in [4.78, 5) is 12.1. The van der Waals surface area contributed by atoms with Gasteiger partial charge in [0, 0.05) is 6.04 Å². The van der Waals surface area contributed by atoms with Gasteiger partial charge >= 0.3 is 0 Å². The van der Waals surface area contributed by atoms with E-state index in [2.05, 4.69) is 22.1 Å². The third-order valence-corrected chi connectivity index (χ3v) is 4.18. The summed E-state index contributed by atoms with van der Waals surface area (Å²) in [5.74, 6) is 0.0257. The Morgan fingerprint density at radius 1 is 1.59 bits per heavy atom. The molecule has 1 aromatic heterocycles. The third kappa shape index (κ3) is 3.07. The molecule has 3 nitrogen and oxygen atoms in total. The molecule has 17 heavy (non-hydrogen) atoms. The second-order valence-electron chi connectivity index (χ2n) is 5.07. The minimum Gasteiger partial charge on any atom is -0.352 e. The Hall–Kier alpha value is -0.870. The zero-order valence-corrected chi connectivity index (χ0v) is 11.1.